The molecule has 0 bridgehead atoms. The number of likely N-dealkylation sites (N-methyl/N-ethyl adjacent to an activating group) is 1. The molecule has 27 heavy (non-hydrogen) atoms. The Kier molecular flexibility index (Phi) is 6.28. The van der Waals surface area contributed by atoms with Gasteiger partial charge in [0.15, 0.2) is 0 Å². The fourth-order valence-corrected chi connectivity index (χ4v) is 3.14. The van der Waals surface area contributed by atoms with Crippen molar-refractivity contribution in [1.29, 1.82) is 0 Å². The van der Waals surface area contributed by atoms with Crippen molar-refractivity contribution in [3.8, 4) is 5.69 Å². The second-order valence-corrected chi connectivity index (χ2v) is 7.16. The predicted molar refractivity (Wildman–Crippen MR) is 110 cm³/mol. The van der Waals surface area contributed by atoms with E-state index in [0.717, 1.165) is 5.69 Å². The SMILES string of the molecule is CN(CC(=O)Nc1ccccc1Cl)Cn1ncn(-c2cccc(Cl)c2)c1=S. The Balaban J connectivity index is 1.65. The number of hydrogen-bond acceptors (Lipinski definition) is 4. The van der Waals surface area contributed by atoms with Crippen LogP contribution in [0.4, 0.5) is 5.69 Å². The average molecular weight is 422 g/mol. The topological polar surface area (TPSA) is 55.1 Å². The molecule has 3 aromatic rings. The summed E-state index contributed by atoms with van der Waals surface area (Å²) in [4.78, 5) is 14.0. The van der Waals surface area contributed by atoms with Crippen molar-refractivity contribution in [2.45, 2.75) is 6.67 Å². The number of aromatic nitrogens is 3. The molecule has 0 aliphatic heterocycles. The third-order valence-corrected chi connectivity index (χ3v) is 4.73. The summed E-state index contributed by atoms with van der Waals surface area (Å²) < 4.78 is 3.91. The maximum Gasteiger partial charge on any atom is 0.238 e. The molecule has 1 aromatic heterocycles. The molecule has 0 saturated heterocycles. The highest BCUT2D eigenvalue weighted by Crippen LogP contribution is 2.20. The van der Waals surface area contributed by atoms with Gasteiger partial charge in [-0.2, -0.15) is 5.10 Å². The Hall–Kier alpha value is -2.19. The fourth-order valence-electron chi connectivity index (χ4n) is 2.51. The summed E-state index contributed by atoms with van der Waals surface area (Å²) in [5, 5.41) is 8.21. The molecule has 0 saturated carbocycles. The Morgan fingerprint density at radius 3 is 2.74 bits per heavy atom. The number of para-hydroxylation sites is 1. The van der Waals surface area contributed by atoms with Gasteiger partial charge >= 0.3 is 0 Å². The van der Waals surface area contributed by atoms with Gasteiger partial charge in [-0.25, -0.2) is 4.68 Å². The van der Waals surface area contributed by atoms with Crippen LogP contribution in [0.2, 0.25) is 10.0 Å². The summed E-state index contributed by atoms with van der Waals surface area (Å²) in [7, 11) is 1.81. The zero-order valence-corrected chi connectivity index (χ0v) is 16.8. The Morgan fingerprint density at radius 2 is 2.00 bits per heavy atom. The molecule has 0 spiro atoms. The molecule has 0 radical (unpaired) electrons. The number of carbonyl (C=O) groups excluding carboxylic acids is 1. The minimum absolute atomic E-state index is 0.164. The lowest BCUT2D eigenvalue weighted by Gasteiger charge is -2.16. The third kappa shape index (κ3) is 4.95. The van der Waals surface area contributed by atoms with Crippen LogP contribution in [-0.4, -0.2) is 38.7 Å². The molecule has 6 nitrogen and oxygen atoms in total. The molecule has 2 aromatic carbocycles. The summed E-state index contributed by atoms with van der Waals surface area (Å²) in [6, 6.07) is 14.5. The third-order valence-electron chi connectivity index (χ3n) is 3.76. The molecule has 1 N–H and O–H groups in total. The minimum Gasteiger partial charge on any atom is -0.324 e. The summed E-state index contributed by atoms with van der Waals surface area (Å²) in [5.74, 6) is -0.175. The van der Waals surface area contributed by atoms with E-state index in [9.17, 15) is 4.79 Å². The van der Waals surface area contributed by atoms with Gasteiger partial charge in [0.05, 0.1) is 29.6 Å². The molecule has 1 amide bonds. The van der Waals surface area contributed by atoms with Crippen molar-refractivity contribution in [2.75, 3.05) is 18.9 Å². The molecule has 1 heterocycles. The van der Waals surface area contributed by atoms with E-state index in [-0.39, 0.29) is 12.5 Å². The quantitative estimate of drug-likeness (QED) is 0.604. The number of rotatable bonds is 6. The number of hydrogen-bond donors (Lipinski definition) is 1. The van der Waals surface area contributed by atoms with Crippen LogP contribution in [0.5, 0.6) is 0 Å². The van der Waals surface area contributed by atoms with Crippen LogP contribution in [-0.2, 0) is 11.5 Å². The zero-order chi connectivity index (χ0) is 19.4. The molecule has 9 heteroatoms. The second kappa shape index (κ2) is 8.67. The van der Waals surface area contributed by atoms with E-state index in [1.165, 1.54) is 0 Å². The molecule has 140 valence electrons. The molecule has 0 atom stereocenters. The van der Waals surface area contributed by atoms with E-state index < -0.39 is 0 Å². The number of benzene rings is 2. The zero-order valence-electron chi connectivity index (χ0n) is 14.5. The molecule has 0 fully saturated rings. The summed E-state index contributed by atoms with van der Waals surface area (Å²) in [6.07, 6.45) is 1.63. The number of anilines is 1. The number of nitrogens with zero attached hydrogens (tertiary/aromatic N) is 4. The normalized spacial score (nSPS) is 11.0. The van der Waals surface area contributed by atoms with Gasteiger partial charge in [0.2, 0.25) is 10.7 Å². The Bertz CT molecular complexity index is 1020. The number of halogens is 2. The smallest absolute Gasteiger partial charge is 0.238 e. The van der Waals surface area contributed by atoms with Crippen molar-refractivity contribution in [3.63, 3.8) is 0 Å². The molecule has 0 aliphatic carbocycles. The molecular formula is C18H17Cl2N5OS. The maximum atomic E-state index is 12.2. The van der Waals surface area contributed by atoms with E-state index in [0.29, 0.717) is 27.2 Å². The van der Waals surface area contributed by atoms with Crippen molar-refractivity contribution in [1.82, 2.24) is 19.2 Å². The largest absolute Gasteiger partial charge is 0.324 e. The van der Waals surface area contributed by atoms with Crippen LogP contribution in [0.1, 0.15) is 0 Å². The summed E-state index contributed by atoms with van der Waals surface area (Å²) in [6.45, 7) is 0.527. The van der Waals surface area contributed by atoms with E-state index in [4.69, 9.17) is 35.4 Å². The van der Waals surface area contributed by atoms with E-state index in [1.54, 1.807) is 38.7 Å². The first kappa shape index (κ1) is 19.6. The lowest BCUT2D eigenvalue weighted by atomic mass is 10.3. The number of nitrogens with one attached hydrogen (secondary N) is 1. The van der Waals surface area contributed by atoms with Gasteiger partial charge in [0.25, 0.3) is 0 Å². The number of amides is 1. The average Bonchev–Trinajstić information content (AvgIpc) is 2.97. The number of carbonyl (C=O) groups is 1. The lowest BCUT2D eigenvalue weighted by molar-refractivity contribution is -0.117. The van der Waals surface area contributed by atoms with Gasteiger partial charge in [0.1, 0.15) is 6.33 Å². The van der Waals surface area contributed by atoms with Gasteiger partial charge < -0.3 is 5.32 Å². The van der Waals surface area contributed by atoms with Crippen LogP contribution >= 0.6 is 35.4 Å². The first-order valence-electron chi connectivity index (χ1n) is 8.07. The fraction of sp³-hybridized carbons (Fsp3) is 0.167. The second-order valence-electron chi connectivity index (χ2n) is 5.95. The minimum atomic E-state index is -0.175. The summed E-state index contributed by atoms with van der Waals surface area (Å²) in [5.41, 5.74) is 1.41. The van der Waals surface area contributed by atoms with Crippen LogP contribution in [0.15, 0.2) is 54.9 Å². The Labute approximate surface area is 171 Å². The van der Waals surface area contributed by atoms with E-state index >= 15 is 0 Å². The van der Waals surface area contributed by atoms with E-state index in [2.05, 4.69) is 10.4 Å². The predicted octanol–water partition coefficient (Wildman–Crippen LogP) is 4.24. The van der Waals surface area contributed by atoms with Gasteiger partial charge in [-0.3, -0.25) is 14.3 Å². The summed E-state index contributed by atoms with van der Waals surface area (Å²) >= 11 is 17.6. The van der Waals surface area contributed by atoms with Crippen molar-refractivity contribution in [3.05, 3.63) is 69.7 Å². The first-order chi connectivity index (χ1) is 12.9. The van der Waals surface area contributed by atoms with Gasteiger partial charge in [0, 0.05) is 5.02 Å². The van der Waals surface area contributed by atoms with Gasteiger partial charge in [-0.1, -0.05) is 41.4 Å². The first-order valence-corrected chi connectivity index (χ1v) is 9.24. The standard InChI is InChI=1S/C18H17Cl2N5OS/c1-23(10-17(26)22-16-8-3-2-7-15(16)20)12-25-18(27)24(11-21-25)14-6-4-5-13(19)9-14/h2-9,11H,10,12H2,1H3,(H,22,26). The molecule has 0 unspecified atom stereocenters. The van der Waals surface area contributed by atoms with Gasteiger partial charge in [-0.05, 0) is 49.6 Å². The Morgan fingerprint density at radius 1 is 1.22 bits per heavy atom. The van der Waals surface area contributed by atoms with Gasteiger partial charge in [-0.15, -0.1) is 0 Å². The molecule has 3 rings (SSSR count). The molecule has 0 aliphatic rings. The van der Waals surface area contributed by atoms with Crippen LogP contribution in [0.25, 0.3) is 5.69 Å². The lowest BCUT2D eigenvalue weighted by Crippen LogP contribution is -2.32. The highest BCUT2D eigenvalue weighted by Gasteiger charge is 2.11. The highest BCUT2D eigenvalue weighted by molar-refractivity contribution is 7.71. The van der Waals surface area contributed by atoms with Crippen LogP contribution in [0.3, 0.4) is 0 Å². The van der Waals surface area contributed by atoms with Crippen LogP contribution < -0.4 is 5.32 Å². The molecular weight excluding hydrogens is 405 g/mol. The van der Waals surface area contributed by atoms with Crippen molar-refractivity contribution >= 4 is 47.0 Å². The van der Waals surface area contributed by atoms with Crippen molar-refractivity contribution < 1.29 is 4.79 Å². The highest BCUT2D eigenvalue weighted by atomic mass is 35.5. The maximum absolute atomic E-state index is 12.2. The van der Waals surface area contributed by atoms with E-state index in [1.807, 2.05) is 37.4 Å². The van der Waals surface area contributed by atoms with Crippen LogP contribution in [0, 0.1) is 4.77 Å². The van der Waals surface area contributed by atoms with Crippen molar-refractivity contribution in [2.24, 2.45) is 0 Å². The monoisotopic (exact) mass is 421 g/mol.